The predicted octanol–water partition coefficient (Wildman–Crippen LogP) is -0.0957. The van der Waals surface area contributed by atoms with E-state index in [4.69, 9.17) is 0 Å². The minimum atomic E-state index is -3.29. The quantitative estimate of drug-likeness (QED) is 0.738. The van der Waals surface area contributed by atoms with E-state index in [1.54, 1.807) is 12.3 Å². The molecule has 0 bridgehead atoms. The highest BCUT2D eigenvalue weighted by Gasteiger charge is 2.10. The number of rotatable bonds is 7. The molecule has 0 amide bonds. The summed E-state index contributed by atoms with van der Waals surface area (Å²) < 4.78 is 26.0. The molecule has 2 rings (SSSR count). The summed E-state index contributed by atoms with van der Waals surface area (Å²) >= 11 is 0. The van der Waals surface area contributed by atoms with Crippen molar-refractivity contribution in [2.45, 2.75) is 12.8 Å². The average Bonchev–Trinajstić information content (AvgIpc) is 2.91. The molecule has 2 N–H and O–H groups in total. The summed E-state index contributed by atoms with van der Waals surface area (Å²) in [5, 5.41) is 6.37. The molecule has 0 saturated carbocycles. The maximum Gasteiger partial charge on any atom is 0.211 e. The summed E-state index contributed by atoms with van der Waals surface area (Å²) in [7, 11) is -3.29. The summed E-state index contributed by atoms with van der Waals surface area (Å²) in [5.41, 5.74) is 0.767. The summed E-state index contributed by atoms with van der Waals surface area (Å²) in [4.78, 5) is 8.01. The van der Waals surface area contributed by atoms with Crippen LogP contribution in [0.4, 0.5) is 0 Å². The van der Waals surface area contributed by atoms with Crippen LogP contribution >= 0.6 is 0 Å². The highest BCUT2D eigenvalue weighted by molar-refractivity contribution is 7.89. The molecule has 0 aliphatic carbocycles. The van der Waals surface area contributed by atoms with Crippen molar-refractivity contribution in [3.8, 4) is 0 Å². The molecule has 2 aromatic heterocycles. The molecule has 102 valence electrons. The monoisotopic (exact) mass is 281 g/mol. The van der Waals surface area contributed by atoms with Crippen LogP contribution in [-0.2, 0) is 22.9 Å². The van der Waals surface area contributed by atoms with Gasteiger partial charge < -0.3 is 0 Å². The number of pyridine rings is 1. The number of hydrogen-bond donors (Lipinski definition) is 2. The fourth-order valence-corrected chi connectivity index (χ4v) is 2.57. The van der Waals surface area contributed by atoms with Crippen LogP contribution in [0.5, 0.6) is 0 Å². The number of sulfonamides is 1. The lowest BCUT2D eigenvalue weighted by atomic mass is 10.3. The highest BCUT2D eigenvalue weighted by Crippen LogP contribution is 1.97. The van der Waals surface area contributed by atoms with Gasteiger partial charge in [-0.3, -0.25) is 10.1 Å². The molecule has 8 heteroatoms. The van der Waals surface area contributed by atoms with E-state index in [1.807, 2.05) is 12.1 Å². The van der Waals surface area contributed by atoms with Gasteiger partial charge in [-0.1, -0.05) is 6.07 Å². The van der Waals surface area contributed by atoms with Gasteiger partial charge >= 0.3 is 0 Å². The molecule has 0 radical (unpaired) electrons. The number of aryl methyl sites for hydroxylation is 1. The van der Waals surface area contributed by atoms with Crippen molar-refractivity contribution in [1.82, 2.24) is 24.9 Å². The Morgan fingerprint density at radius 1 is 1.21 bits per heavy atom. The molecular formula is C11H15N5O2S. The van der Waals surface area contributed by atoms with Crippen LogP contribution in [0.3, 0.4) is 0 Å². The maximum atomic E-state index is 11.7. The van der Waals surface area contributed by atoms with Crippen LogP contribution < -0.4 is 4.72 Å². The molecule has 0 unspecified atom stereocenters. The lowest BCUT2D eigenvalue weighted by Crippen LogP contribution is -2.29. The topological polar surface area (TPSA) is 101 Å². The van der Waals surface area contributed by atoms with Crippen molar-refractivity contribution in [1.29, 1.82) is 0 Å². The Balaban J connectivity index is 1.76. The van der Waals surface area contributed by atoms with E-state index in [1.165, 1.54) is 6.33 Å². The van der Waals surface area contributed by atoms with Gasteiger partial charge in [0, 0.05) is 31.3 Å². The molecule has 0 aliphatic heterocycles. The van der Waals surface area contributed by atoms with Crippen LogP contribution in [0.25, 0.3) is 0 Å². The third kappa shape index (κ3) is 4.76. The third-order valence-corrected chi connectivity index (χ3v) is 3.89. The first-order chi connectivity index (χ1) is 9.16. The van der Waals surface area contributed by atoms with Crippen molar-refractivity contribution in [3.05, 3.63) is 42.2 Å². The first kappa shape index (κ1) is 13.6. The van der Waals surface area contributed by atoms with E-state index in [2.05, 4.69) is 24.9 Å². The Morgan fingerprint density at radius 3 is 2.79 bits per heavy atom. The highest BCUT2D eigenvalue weighted by atomic mass is 32.2. The van der Waals surface area contributed by atoms with E-state index in [9.17, 15) is 8.42 Å². The van der Waals surface area contributed by atoms with Crippen LogP contribution in [0.15, 0.2) is 30.7 Å². The summed E-state index contributed by atoms with van der Waals surface area (Å²) in [6.07, 6.45) is 3.94. The SMILES string of the molecule is O=S(=O)(CCc1ccccn1)NCCc1ncn[nH]1. The minimum Gasteiger partial charge on any atom is -0.263 e. The Morgan fingerprint density at radius 2 is 2.11 bits per heavy atom. The second-order valence-corrected chi connectivity index (χ2v) is 5.89. The van der Waals surface area contributed by atoms with Gasteiger partial charge in [-0.25, -0.2) is 18.1 Å². The number of nitrogens with zero attached hydrogens (tertiary/aromatic N) is 3. The Labute approximate surface area is 111 Å². The zero-order chi connectivity index (χ0) is 13.6. The van der Waals surface area contributed by atoms with Crippen molar-refractivity contribution in [2.24, 2.45) is 0 Å². The van der Waals surface area contributed by atoms with Gasteiger partial charge in [0.2, 0.25) is 10.0 Å². The smallest absolute Gasteiger partial charge is 0.211 e. The van der Waals surface area contributed by atoms with Crippen molar-refractivity contribution in [3.63, 3.8) is 0 Å². The summed E-state index contributed by atoms with van der Waals surface area (Å²) in [5.74, 6) is 0.688. The van der Waals surface area contributed by atoms with Gasteiger partial charge in [0.25, 0.3) is 0 Å². The molecule has 19 heavy (non-hydrogen) atoms. The lowest BCUT2D eigenvalue weighted by Gasteiger charge is -2.05. The van der Waals surface area contributed by atoms with Crippen LogP contribution in [-0.4, -0.2) is 40.9 Å². The zero-order valence-corrected chi connectivity index (χ0v) is 11.1. The van der Waals surface area contributed by atoms with Crippen molar-refractivity contribution in [2.75, 3.05) is 12.3 Å². The number of aromatic amines is 1. The van der Waals surface area contributed by atoms with Gasteiger partial charge in [0.15, 0.2) is 0 Å². The van der Waals surface area contributed by atoms with Crippen molar-refractivity contribution >= 4 is 10.0 Å². The van der Waals surface area contributed by atoms with Crippen LogP contribution in [0.2, 0.25) is 0 Å². The van der Waals surface area contributed by atoms with Crippen LogP contribution in [0.1, 0.15) is 11.5 Å². The van der Waals surface area contributed by atoms with Gasteiger partial charge in [0.1, 0.15) is 12.2 Å². The standard InChI is InChI=1S/C11H15N5O2S/c17-19(18,8-5-10-3-1-2-6-12-10)15-7-4-11-13-9-14-16-11/h1-3,6,9,15H,4-5,7-8H2,(H,13,14,16). The van der Waals surface area contributed by atoms with Gasteiger partial charge in [0.05, 0.1) is 5.75 Å². The summed E-state index contributed by atoms with van der Waals surface area (Å²) in [6, 6.07) is 5.45. The van der Waals surface area contributed by atoms with E-state index >= 15 is 0 Å². The lowest BCUT2D eigenvalue weighted by molar-refractivity contribution is 0.580. The Hall–Kier alpha value is -1.80. The fraction of sp³-hybridized carbons (Fsp3) is 0.364. The number of aromatic nitrogens is 4. The second-order valence-electron chi connectivity index (χ2n) is 3.97. The van der Waals surface area contributed by atoms with E-state index in [0.29, 0.717) is 25.2 Å². The molecule has 0 saturated heterocycles. The van der Waals surface area contributed by atoms with E-state index in [0.717, 1.165) is 5.69 Å². The van der Waals surface area contributed by atoms with Gasteiger partial charge in [-0.15, -0.1) is 0 Å². The van der Waals surface area contributed by atoms with E-state index < -0.39 is 10.0 Å². The number of nitrogens with one attached hydrogen (secondary N) is 2. The first-order valence-electron chi connectivity index (χ1n) is 5.87. The molecule has 7 nitrogen and oxygen atoms in total. The molecule has 2 aromatic rings. The predicted molar refractivity (Wildman–Crippen MR) is 69.8 cm³/mol. The first-order valence-corrected chi connectivity index (χ1v) is 7.52. The normalized spacial score (nSPS) is 11.6. The van der Waals surface area contributed by atoms with E-state index in [-0.39, 0.29) is 5.75 Å². The minimum absolute atomic E-state index is 0.0282. The van der Waals surface area contributed by atoms with Crippen LogP contribution in [0, 0.1) is 0 Å². The zero-order valence-electron chi connectivity index (χ0n) is 10.3. The largest absolute Gasteiger partial charge is 0.263 e. The van der Waals surface area contributed by atoms with Crippen molar-refractivity contribution < 1.29 is 8.42 Å². The molecule has 0 aliphatic rings. The fourth-order valence-electron chi connectivity index (χ4n) is 1.53. The molecule has 0 aromatic carbocycles. The Bertz CT molecular complexity index is 583. The molecule has 2 heterocycles. The molecule has 0 fully saturated rings. The molecule has 0 spiro atoms. The number of H-pyrrole nitrogens is 1. The molecular weight excluding hydrogens is 266 g/mol. The number of hydrogen-bond acceptors (Lipinski definition) is 5. The average molecular weight is 281 g/mol. The van der Waals surface area contributed by atoms with Gasteiger partial charge in [-0.2, -0.15) is 5.10 Å². The summed E-state index contributed by atoms with van der Waals surface area (Å²) in [6.45, 7) is 0.305. The second kappa shape index (κ2) is 6.39. The third-order valence-electron chi connectivity index (χ3n) is 2.50. The van der Waals surface area contributed by atoms with Gasteiger partial charge in [-0.05, 0) is 12.1 Å². The maximum absolute atomic E-state index is 11.7. The molecule has 0 atom stereocenters. The Kier molecular flexibility index (Phi) is 4.58.